The molecule has 1 nitrogen and oxygen atoms in total. The standard InChI is InChI=1S/C10H24N.BF4/c1-8(2)11(7,9(3)4)10(5)6;2-1(3,4)5/h8-10H,1-7H3;/q+1;-1. The molecular weight excluding hydrogens is 221 g/mol. The quantitative estimate of drug-likeness (QED) is 0.401. The molecule has 0 atom stereocenters. The second kappa shape index (κ2) is 6.47. The summed E-state index contributed by atoms with van der Waals surface area (Å²) in [4.78, 5) is 0. The predicted molar refractivity (Wildman–Crippen MR) is 61.8 cm³/mol. The molecule has 0 bridgehead atoms. The molecule has 0 aromatic heterocycles. The lowest BCUT2D eigenvalue weighted by Gasteiger charge is -2.46. The van der Waals surface area contributed by atoms with Gasteiger partial charge >= 0.3 is 7.25 Å². The Bertz CT molecular complexity index is 162. The lowest BCUT2D eigenvalue weighted by atomic mass is 10.1. The highest BCUT2D eigenvalue weighted by Gasteiger charge is 2.32. The molecule has 100 valence electrons. The summed E-state index contributed by atoms with van der Waals surface area (Å²) >= 11 is 0. The van der Waals surface area contributed by atoms with Gasteiger partial charge in [0.05, 0.1) is 25.2 Å². The summed E-state index contributed by atoms with van der Waals surface area (Å²) in [6.07, 6.45) is 0. The number of hydrogen-bond acceptors (Lipinski definition) is 0. The van der Waals surface area contributed by atoms with Crippen LogP contribution < -0.4 is 0 Å². The van der Waals surface area contributed by atoms with Crippen LogP contribution >= 0.6 is 0 Å². The molecule has 0 spiro atoms. The van der Waals surface area contributed by atoms with E-state index in [9.17, 15) is 17.3 Å². The smallest absolute Gasteiger partial charge is 0.418 e. The molecule has 0 unspecified atom stereocenters. The van der Waals surface area contributed by atoms with E-state index in [0.29, 0.717) is 0 Å². The SMILES string of the molecule is CC(C)[N+](C)(C(C)C)C(C)C.F[B-](F)(F)F. The molecule has 0 saturated carbocycles. The molecule has 0 fully saturated rings. The van der Waals surface area contributed by atoms with E-state index >= 15 is 0 Å². The molecule has 0 amide bonds. The van der Waals surface area contributed by atoms with Gasteiger partial charge in [0.1, 0.15) is 0 Å². The average molecular weight is 245 g/mol. The van der Waals surface area contributed by atoms with E-state index in [-0.39, 0.29) is 0 Å². The van der Waals surface area contributed by atoms with E-state index in [2.05, 4.69) is 48.6 Å². The van der Waals surface area contributed by atoms with Gasteiger partial charge in [-0.25, -0.2) is 0 Å². The molecule has 0 heterocycles. The van der Waals surface area contributed by atoms with Crippen LogP contribution in [0.1, 0.15) is 41.5 Å². The first-order chi connectivity index (χ1) is 6.83. The van der Waals surface area contributed by atoms with Crippen LogP contribution in [0.5, 0.6) is 0 Å². The normalized spacial score (nSPS) is 13.1. The van der Waals surface area contributed by atoms with Gasteiger partial charge in [0.2, 0.25) is 0 Å². The van der Waals surface area contributed by atoms with Crippen molar-refractivity contribution in [3.05, 3.63) is 0 Å². The molecule has 6 heteroatoms. The van der Waals surface area contributed by atoms with Crippen molar-refractivity contribution in [1.29, 1.82) is 0 Å². The molecule has 0 saturated heterocycles. The van der Waals surface area contributed by atoms with Gasteiger partial charge in [0, 0.05) is 0 Å². The fourth-order valence-corrected chi connectivity index (χ4v) is 1.79. The minimum absolute atomic E-state index is 0.718. The Morgan fingerprint density at radius 1 is 0.688 bits per heavy atom. The molecule has 0 aliphatic heterocycles. The minimum atomic E-state index is -6.00. The summed E-state index contributed by atoms with van der Waals surface area (Å²) in [6.45, 7) is 13.8. The molecule has 0 N–H and O–H groups in total. The van der Waals surface area contributed by atoms with Crippen molar-refractivity contribution < 1.29 is 21.7 Å². The van der Waals surface area contributed by atoms with Crippen LogP contribution in [0.2, 0.25) is 0 Å². The van der Waals surface area contributed by atoms with Crippen molar-refractivity contribution in [1.82, 2.24) is 0 Å². The van der Waals surface area contributed by atoms with Crippen LogP contribution in [0.4, 0.5) is 17.3 Å². The molecule has 0 radical (unpaired) electrons. The highest BCUT2D eigenvalue weighted by atomic mass is 19.5. The van der Waals surface area contributed by atoms with Crippen LogP contribution in [0.15, 0.2) is 0 Å². The topological polar surface area (TPSA) is 0 Å². The summed E-state index contributed by atoms with van der Waals surface area (Å²) in [7, 11) is -3.65. The number of hydrogen-bond donors (Lipinski definition) is 0. The minimum Gasteiger partial charge on any atom is -0.418 e. The van der Waals surface area contributed by atoms with Gasteiger partial charge in [-0.1, -0.05) is 0 Å². The van der Waals surface area contributed by atoms with Crippen molar-refractivity contribution in [2.24, 2.45) is 0 Å². The number of halogens is 4. The third-order valence-corrected chi connectivity index (χ3v) is 3.34. The molecule has 0 aromatic carbocycles. The summed E-state index contributed by atoms with van der Waals surface area (Å²) in [5.41, 5.74) is 0. The summed E-state index contributed by atoms with van der Waals surface area (Å²) in [5, 5.41) is 0. The van der Waals surface area contributed by atoms with Crippen molar-refractivity contribution in [3.8, 4) is 0 Å². The third-order valence-electron chi connectivity index (χ3n) is 3.34. The predicted octanol–water partition coefficient (Wildman–Crippen LogP) is 3.96. The Balaban J connectivity index is 0. The summed E-state index contributed by atoms with van der Waals surface area (Å²) < 4.78 is 40.2. The van der Waals surface area contributed by atoms with Gasteiger partial charge in [-0.2, -0.15) is 0 Å². The molecular formula is C10H24BF4N. The molecule has 0 aliphatic carbocycles. The van der Waals surface area contributed by atoms with E-state index in [1.54, 1.807) is 0 Å². The van der Waals surface area contributed by atoms with E-state index in [1.807, 2.05) is 0 Å². The lowest BCUT2D eigenvalue weighted by Crippen LogP contribution is -2.58. The molecule has 0 rings (SSSR count). The fourth-order valence-electron chi connectivity index (χ4n) is 1.79. The first-order valence-corrected chi connectivity index (χ1v) is 5.56. The highest BCUT2D eigenvalue weighted by Crippen LogP contribution is 2.20. The molecule has 0 aromatic rings. The van der Waals surface area contributed by atoms with Gasteiger partial charge in [-0.05, 0) is 41.5 Å². The van der Waals surface area contributed by atoms with Gasteiger partial charge < -0.3 is 21.7 Å². The van der Waals surface area contributed by atoms with Crippen LogP contribution in [0.25, 0.3) is 0 Å². The van der Waals surface area contributed by atoms with Gasteiger partial charge in [-0.15, -0.1) is 0 Å². The van der Waals surface area contributed by atoms with E-state index < -0.39 is 7.25 Å². The average Bonchev–Trinajstić information content (AvgIpc) is 1.98. The van der Waals surface area contributed by atoms with Crippen molar-refractivity contribution in [2.75, 3.05) is 7.05 Å². The zero-order chi connectivity index (χ0) is 13.7. The van der Waals surface area contributed by atoms with E-state index in [0.717, 1.165) is 18.1 Å². The summed E-state index contributed by atoms with van der Waals surface area (Å²) in [6, 6.07) is 2.15. The first-order valence-electron chi connectivity index (χ1n) is 5.56. The third kappa shape index (κ3) is 7.09. The van der Waals surface area contributed by atoms with Crippen LogP contribution in [0, 0.1) is 0 Å². The van der Waals surface area contributed by atoms with Crippen LogP contribution in [-0.2, 0) is 0 Å². The Morgan fingerprint density at radius 2 is 0.812 bits per heavy atom. The molecule has 16 heavy (non-hydrogen) atoms. The number of rotatable bonds is 3. The van der Waals surface area contributed by atoms with Crippen molar-refractivity contribution in [2.45, 2.75) is 59.7 Å². The van der Waals surface area contributed by atoms with Crippen molar-refractivity contribution >= 4 is 7.25 Å². The maximum atomic E-state index is 9.75. The Hall–Kier alpha value is -0.255. The fraction of sp³-hybridized carbons (Fsp3) is 1.00. The van der Waals surface area contributed by atoms with Crippen LogP contribution in [0.3, 0.4) is 0 Å². The molecule has 0 aliphatic rings. The second-order valence-electron chi connectivity index (χ2n) is 5.00. The second-order valence-corrected chi connectivity index (χ2v) is 5.00. The van der Waals surface area contributed by atoms with Crippen LogP contribution in [-0.4, -0.2) is 36.9 Å². The Morgan fingerprint density at radius 3 is 0.812 bits per heavy atom. The zero-order valence-corrected chi connectivity index (χ0v) is 11.3. The largest absolute Gasteiger partial charge is 0.673 e. The first kappa shape index (κ1) is 18.1. The summed E-state index contributed by atoms with van der Waals surface area (Å²) in [5.74, 6) is 0. The number of nitrogens with zero attached hydrogens (tertiary/aromatic N) is 1. The van der Waals surface area contributed by atoms with Gasteiger partial charge in [0.15, 0.2) is 0 Å². The van der Waals surface area contributed by atoms with Gasteiger partial charge in [0.25, 0.3) is 0 Å². The van der Waals surface area contributed by atoms with E-state index in [1.165, 1.54) is 4.48 Å². The zero-order valence-electron chi connectivity index (χ0n) is 11.3. The maximum Gasteiger partial charge on any atom is 0.673 e. The highest BCUT2D eigenvalue weighted by molar-refractivity contribution is 6.50. The van der Waals surface area contributed by atoms with Gasteiger partial charge in [-0.3, -0.25) is 0 Å². The van der Waals surface area contributed by atoms with E-state index in [4.69, 9.17) is 0 Å². The monoisotopic (exact) mass is 245 g/mol. The maximum absolute atomic E-state index is 9.75. The van der Waals surface area contributed by atoms with Crippen molar-refractivity contribution in [3.63, 3.8) is 0 Å². The Kier molecular flexibility index (Phi) is 7.33. The lowest BCUT2D eigenvalue weighted by molar-refractivity contribution is -0.968. The number of quaternary nitrogens is 1. The Labute approximate surface area is 96.5 Å².